The predicted molar refractivity (Wildman–Crippen MR) is 79.0 cm³/mol. The molecule has 0 unspecified atom stereocenters. The Morgan fingerprint density at radius 3 is 2.05 bits per heavy atom. The van der Waals surface area contributed by atoms with E-state index >= 15 is 0 Å². The van der Waals surface area contributed by atoms with Crippen molar-refractivity contribution in [2.75, 3.05) is 14.2 Å². The fourth-order valence-corrected chi connectivity index (χ4v) is 1.96. The van der Waals surface area contributed by atoms with Crippen molar-refractivity contribution < 1.29 is 14.2 Å². The van der Waals surface area contributed by atoms with Crippen LogP contribution in [0.5, 0.6) is 23.0 Å². The lowest BCUT2D eigenvalue weighted by Gasteiger charge is -2.11. The molecule has 0 aliphatic heterocycles. The summed E-state index contributed by atoms with van der Waals surface area (Å²) in [6, 6.07) is 10.7. The Hall–Kier alpha value is -1.91. The molecule has 2 rings (SSSR count). The SMILES string of the molecule is COc1cc(OC)cc(Oc2ccc(CN)cc2Cl)c1. The van der Waals surface area contributed by atoms with Gasteiger partial charge in [0.1, 0.15) is 23.0 Å². The monoisotopic (exact) mass is 293 g/mol. The molecule has 20 heavy (non-hydrogen) atoms. The van der Waals surface area contributed by atoms with Crippen LogP contribution in [0.4, 0.5) is 0 Å². The van der Waals surface area contributed by atoms with Crippen molar-refractivity contribution in [2.45, 2.75) is 6.54 Å². The molecule has 0 radical (unpaired) electrons. The second-order valence-electron chi connectivity index (χ2n) is 4.12. The lowest BCUT2D eigenvalue weighted by atomic mass is 10.2. The van der Waals surface area contributed by atoms with Crippen molar-refractivity contribution in [2.24, 2.45) is 5.73 Å². The summed E-state index contributed by atoms with van der Waals surface area (Å²) in [6.45, 7) is 0.437. The number of halogens is 1. The third-order valence-electron chi connectivity index (χ3n) is 2.78. The van der Waals surface area contributed by atoms with E-state index in [1.54, 1.807) is 44.6 Å². The van der Waals surface area contributed by atoms with Crippen molar-refractivity contribution in [3.05, 3.63) is 47.0 Å². The number of hydrogen-bond donors (Lipinski definition) is 1. The number of ether oxygens (including phenoxy) is 3. The lowest BCUT2D eigenvalue weighted by Crippen LogP contribution is -1.96. The molecule has 0 saturated carbocycles. The molecule has 0 spiro atoms. The first-order valence-corrected chi connectivity index (χ1v) is 6.43. The van der Waals surface area contributed by atoms with E-state index in [4.69, 9.17) is 31.5 Å². The predicted octanol–water partition coefficient (Wildman–Crippen LogP) is 3.61. The van der Waals surface area contributed by atoms with Gasteiger partial charge < -0.3 is 19.9 Å². The number of hydrogen-bond acceptors (Lipinski definition) is 4. The minimum Gasteiger partial charge on any atom is -0.496 e. The first kappa shape index (κ1) is 14.5. The molecule has 2 aromatic rings. The van der Waals surface area contributed by atoms with E-state index in [0.29, 0.717) is 34.6 Å². The molecule has 5 heteroatoms. The molecular weight excluding hydrogens is 278 g/mol. The van der Waals surface area contributed by atoms with Gasteiger partial charge in [-0.25, -0.2) is 0 Å². The highest BCUT2D eigenvalue weighted by Gasteiger charge is 2.07. The van der Waals surface area contributed by atoms with Crippen LogP contribution in [0.25, 0.3) is 0 Å². The molecule has 0 bridgehead atoms. The molecule has 0 heterocycles. The molecular formula is C15H16ClNO3. The van der Waals surface area contributed by atoms with Crippen LogP contribution in [0.2, 0.25) is 5.02 Å². The Kier molecular flexibility index (Phi) is 4.71. The van der Waals surface area contributed by atoms with E-state index in [-0.39, 0.29) is 0 Å². The fraction of sp³-hybridized carbons (Fsp3) is 0.200. The van der Waals surface area contributed by atoms with Crippen molar-refractivity contribution >= 4 is 11.6 Å². The first-order chi connectivity index (χ1) is 9.66. The van der Waals surface area contributed by atoms with E-state index in [2.05, 4.69) is 0 Å². The Balaban J connectivity index is 2.29. The van der Waals surface area contributed by atoms with Crippen LogP contribution in [0.1, 0.15) is 5.56 Å². The summed E-state index contributed by atoms with van der Waals surface area (Å²) in [6.07, 6.45) is 0. The Morgan fingerprint density at radius 2 is 1.55 bits per heavy atom. The normalized spacial score (nSPS) is 10.2. The summed E-state index contributed by atoms with van der Waals surface area (Å²) in [5, 5.41) is 0.509. The van der Waals surface area contributed by atoms with Gasteiger partial charge in [-0.3, -0.25) is 0 Å². The van der Waals surface area contributed by atoms with E-state index in [0.717, 1.165) is 5.56 Å². The minimum absolute atomic E-state index is 0.437. The zero-order valence-corrected chi connectivity index (χ0v) is 12.1. The van der Waals surface area contributed by atoms with Gasteiger partial charge >= 0.3 is 0 Å². The van der Waals surface area contributed by atoms with Crippen molar-refractivity contribution in [3.8, 4) is 23.0 Å². The maximum Gasteiger partial charge on any atom is 0.146 e. The van der Waals surface area contributed by atoms with Crippen molar-refractivity contribution in [1.29, 1.82) is 0 Å². The van der Waals surface area contributed by atoms with Crippen LogP contribution < -0.4 is 19.9 Å². The third-order valence-corrected chi connectivity index (χ3v) is 3.08. The summed E-state index contributed by atoms with van der Waals surface area (Å²) >= 11 is 6.16. The highest BCUT2D eigenvalue weighted by molar-refractivity contribution is 6.32. The summed E-state index contributed by atoms with van der Waals surface area (Å²) in [5.41, 5.74) is 6.51. The van der Waals surface area contributed by atoms with E-state index in [1.807, 2.05) is 6.07 Å². The summed E-state index contributed by atoms with van der Waals surface area (Å²) in [7, 11) is 3.17. The highest BCUT2D eigenvalue weighted by Crippen LogP contribution is 2.34. The number of benzene rings is 2. The summed E-state index contributed by atoms with van der Waals surface area (Å²) in [4.78, 5) is 0. The highest BCUT2D eigenvalue weighted by atomic mass is 35.5. The molecule has 0 amide bonds. The molecule has 0 aliphatic carbocycles. The summed E-state index contributed by atoms with van der Waals surface area (Å²) < 4.78 is 16.1. The zero-order valence-electron chi connectivity index (χ0n) is 11.4. The quantitative estimate of drug-likeness (QED) is 0.915. The zero-order chi connectivity index (χ0) is 14.5. The van der Waals surface area contributed by atoms with Gasteiger partial charge in [0.15, 0.2) is 0 Å². The van der Waals surface area contributed by atoms with Gasteiger partial charge in [0, 0.05) is 24.7 Å². The third kappa shape index (κ3) is 3.35. The Labute approximate surface area is 123 Å². The second kappa shape index (κ2) is 6.50. The van der Waals surface area contributed by atoms with Crippen LogP contribution in [0.15, 0.2) is 36.4 Å². The molecule has 4 nitrogen and oxygen atoms in total. The minimum atomic E-state index is 0.437. The Bertz CT molecular complexity index is 579. The van der Waals surface area contributed by atoms with Gasteiger partial charge in [-0.2, -0.15) is 0 Å². The lowest BCUT2D eigenvalue weighted by molar-refractivity contribution is 0.386. The standard InChI is InChI=1S/C15H16ClNO3/c1-18-11-6-12(19-2)8-13(7-11)20-15-4-3-10(9-17)5-14(15)16/h3-8H,9,17H2,1-2H3. The van der Waals surface area contributed by atoms with Gasteiger partial charge in [-0.1, -0.05) is 17.7 Å². The van der Waals surface area contributed by atoms with E-state index in [1.165, 1.54) is 0 Å². The van der Waals surface area contributed by atoms with Gasteiger partial charge in [0.2, 0.25) is 0 Å². The smallest absolute Gasteiger partial charge is 0.146 e. The fourth-order valence-electron chi connectivity index (χ4n) is 1.72. The van der Waals surface area contributed by atoms with Crippen molar-refractivity contribution in [3.63, 3.8) is 0 Å². The van der Waals surface area contributed by atoms with Crippen molar-refractivity contribution in [1.82, 2.24) is 0 Å². The first-order valence-electron chi connectivity index (χ1n) is 6.05. The van der Waals surface area contributed by atoms with E-state index in [9.17, 15) is 0 Å². The molecule has 0 aliphatic rings. The molecule has 2 N–H and O–H groups in total. The van der Waals surface area contributed by atoms with Crippen LogP contribution in [0, 0.1) is 0 Å². The molecule has 106 valence electrons. The average Bonchev–Trinajstić information content (AvgIpc) is 2.48. The summed E-state index contributed by atoms with van der Waals surface area (Å²) in [5.74, 6) is 2.44. The Morgan fingerprint density at radius 1 is 0.950 bits per heavy atom. The van der Waals surface area contributed by atoms with Gasteiger partial charge in [-0.15, -0.1) is 0 Å². The number of nitrogens with two attached hydrogens (primary N) is 1. The average molecular weight is 294 g/mol. The molecule has 2 aromatic carbocycles. The maximum atomic E-state index is 6.16. The van der Waals surface area contributed by atoms with E-state index < -0.39 is 0 Å². The largest absolute Gasteiger partial charge is 0.496 e. The molecule has 0 aromatic heterocycles. The van der Waals surface area contributed by atoms with Gasteiger partial charge in [0.25, 0.3) is 0 Å². The molecule has 0 fully saturated rings. The topological polar surface area (TPSA) is 53.7 Å². The molecule has 0 saturated heterocycles. The second-order valence-corrected chi connectivity index (χ2v) is 4.53. The number of methoxy groups -OCH3 is 2. The van der Waals surface area contributed by atoms with Crippen LogP contribution in [-0.2, 0) is 6.54 Å². The van der Waals surface area contributed by atoms with Gasteiger partial charge in [-0.05, 0) is 17.7 Å². The number of rotatable bonds is 5. The maximum absolute atomic E-state index is 6.16. The van der Waals surface area contributed by atoms with Crippen LogP contribution in [0.3, 0.4) is 0 Å². The van der Waals surface area contributed by atoms with Crippen LogP contribution >= 0.6 is 11.6 Å². The van der Waals surface area contributed by atoms with Crippen LogP contribution in [-0.4, -0.2) is 14.2 Å². The van der Waals surface area contributed by atoms with Gasteiger partial charge in [0.05, 0.1) is 19.2 Å². The molecule has 0 atom stereocenters.